The van der Waals surface area contributed by atoms with Crippen LogP contribution in [0.2, 0.25) is 10.0 Å². The van der Waals surface area contributed by atoms with Crippen LogP contribution in [0.5, 0.6) is 5.75 Å². The van der Waals surface area contributed by atoms with Gasteiger partial charge in [0.1, 0.15) is 17.4 Å². The van der Waals surface area contributed by atoms with Gasteiger partial charge in [0.25, 0.3) is 5.91 Å². The van der Waals surface area contributed by atoms with Gasteiger partial charge in [0.15, 0.2) is 0 Å². The molecular weight excluding hydrogens is 421 g/mol. The summed E-state index contributed by atoms with van der Waals surface area (Å²) in [5, 5.41) is 13.3. The number of nitrogens with zero attached hydrogens (tertiary/aromatic N) is 2. The maximum atomic E-state index is 12.7. The number of carbonyl (C=O) groups is 1. The van der Waals surface area contributed by atoms with Gasteiger partial charge in [-0.25, -0.2) is 0 Å². The van der Waals surface area contributed by atoms with Crippen molar-refractivity contribution < 1.29 is 9.53 Å². The van der Waals surface area contributed by atoms with Crippen molar-refractivity contribution in [3.8, 4) is 17.5 Å². The summed E-state index contributed by atoms with van der Waals surface area (Å²) in [4.78, 5) is 12.7. The summed E-state index contributed by atoms with van der Waals surface area (Å²) in [6, 6.07) is 16.2. The molecule has 2 aromatic carbocycles. The van der Waals surface area contributed by atoms with Crippen LogP contribution in [0.25, 0.3) is 11.8 Å². The summed E-state index contributed by atoms with van der Waals surface area (Å²) in [6.45, 7) is 3.88. The molecule has 0 atom stereocenters. The molecule has 0 saturated carbocycles. The molecule has 0 aliphatic heterocycles. The van der Waals surface area contributed by atoms with E-state index >= 15 is 0 Å². The molecule has 0 saturated heterocycles. The first-order chi connectivity index (χ1) is 14.3. The molecule has 1 aromatic heterocycles. The topological polar surface area (TPSA) is 67.0 Å². The second kappa shape index (κ2) is 9.08. The van der Waals surface area contributed by atoms with Crippen LogP contribution in [-0.4, -0.2) is 17.6 Å². The lowest BCUT2D eigenvalue weighted by Crippen LogP contribution is -2.14. The Hall–Kier alpha value is -3.20. The van der Waals surface area contributed by atoms with Gasteiger partial charge in [-0.15, -0.1) is 0 Å². The number of aromatic nitrogens is 1. The van der Waals surface area contributed by atoms with E-state index in [4.69, 9.17) is 27.9 Å². The first-order valence-electron chi connectivity index (χ1n) is 9.05. The second-order valence-corrected chi connectivity index (χ2v) is 7.48. The molecule has 3 rings (SSSR count). The van der Waals surface area contributed by atoms with Crippen molar-refractivity contribution in [3.05, 3.63) is 81.1 Å². The summed E-state index contributed by atoms with van der Waals surface area (Å²) < 4.78 is 7.26. The predicted molar refractivity (Wildman–Crippen MR) is 120 cm³/mol. The number of anilines is 1. The van der Waals surface area contributed by atoms with Gasteiger partial charge >= 0.3 is 0 Å². The van der Waals surface area contributed by atoms with Crippen LogP contribution >= 0.6 is 23.2 Å². The Kier molecular flexibility index (Phi) is 6.51. The van der Waals surface area contributed by atoms with Gasteiger partial charge in [-0.3, -0.25) is 4.79 Å². The Morgan fingerprint density at radius 2 is 1.87 bits per heavy atom. The van der Waals surface area contributed by atoms with Crippen LogP contribution in [0.3, 0.4) is 0 Å². The fraction of sp³-hybridized carbons (Fsp3) is 0.130. The minimum atomic E-state index is -0.550. The molecule has 0 aliphatic rings. The van der Waals surface area contributed by atoms with Crippen molar-refractivity contribution in [2.24, 2.45) is 0 Å². The average molecular weight is 440 g/mol. The third kappa shape index (κ3) is 4.51. The Labute approximate surface area is 185 Å². The minimum Gasteiger partial charge on any atom is -0.495 e. The highest BCUT2D eigenvalue weighted by molar-refractivity contribution is 6.31. The smallest absolute Gasteiger partial charge is 0.266 e. The Balaban J connectivity index is 1.96. The monoisotopic (exact) mass is 439 g/mol. The lowest BCUT2D eigenvalue weighted by atomic mass is 10.1. The predicted octanol–water partition coefficient (Wildman–Crippen LogP) is 5.96. The van der Waals surface area contributed by atoms with Gasteiger partial charge in [0.2, 0.25) is 0 Å². The summed E-state index contributed by atoms with van der Waals surface area (Å²) in [5.74, 6) is -0.102. The van der Waals surface area contributed by atoms with Gasteiger partial charge in [-0.05, 0) is 68.0 Å². The van der Waals surface area contributed by atoms with Crippen molar-refractivity contribution in [2.45, 2.75) is 13.8 Å². The molecule has 0 bridgehead atoms. The van der Waals surface area contributed by atoms with E-state index in [9.17, 15) is 10.1 Å². The fourth-order valence-electron chi connectivity index (χ4n) is 3.22. The zero-order valence-electron chi connectivity index (χ0n) is 16.7. The van der Waals surface area contributed by atoms with E-state index in [1.54, 1.807) is 24.3 Å². The normalized spacial score (nSPS) is 11.1. The molecule has 1 heterocycles. The maximum Gasteiger partial charge on any atom is 0.266 e. The van der Waals surface area contributed by atoms with Crippen molar-refractivity contribution >= 4 is 40.9 Å². The number of amides is 1. The van der Waals surface area contributed by atoms with Crippen LogP contribution in [0.15, 0.2) is 54.1 Å². The van der Waals surface area contributed by atoms with Gasteiger partial charge in [0, 0.05) is 27.1 Å². The molecule has 5 nitrogen and oxygen atoms in total. The number of nitriles is 1. The number of ether oxygens (including phenoxy) is 1. The molecule has 30 heavy (non-hydrogen) atoms. The molecule has 7 heteroatoms. The van der Waals surface area contributed by atoms with E-state index in [1.165, 1.54) is 7.11 Å². The Morgan fingerprint density at radius 1 is 1.13 bits per heavy atom. The number of nitrogens with one attached hydrogen (secondary N) is 1. The van der Waals surface area contributed by atoms with Crippen LogP contribution in [0, 0.1) is 25.2 Å². The summed E-state index contributed by atoms with van der Waals surface area (Å²) in [5.41, 5.74) is 3.86. The lowest BCUT2D eigenvalue weighted by molar-refractivity contribution is -0.112. The number of benzene rings is 2. The number of methoxy groups -OCH3 is 1. The third-order valence-corrected chi connectivity index (χ3v) is 5.08. The molecule has 0 aliphatic carbocycles. The molecule has 1 N–H and O–H groups in total. The fourth-order valence-corrected chi connectivity index (χ4v) is 3.57. The summed E-state index contributed by atoms with van der Waals surface area (Å²) in [7, 11) is 1.49. The first-order valence-corrected chi connectivity index (χ1v) is 9.81. The van der Waals surface area contributed by atoms with Crippen LogP contribution in [-0.2, 0) is 4.79 Å². The van der Waals surface area contributed by atoms with Crippen molar-refractivity contribution in [1.29, 1.82) is 5.26 Å². The van der Waals surface area contributed by atoms with Crippen LogP contribution in [0.4, 0.5) is 5.69 Å². The SMILES string of the molecule is COc1ccc(Cl)cc1NC(=O)/C(C#N)=C/c1cc(C)n(-c2cccc(Cl)c2)c1C. The lowest BCUT2D eigenvalue weighted by Gasteiger charge is -2.11. The molecule has 3 aromatic rings. The Bertz CT molecular complexity index is 1190. The molecule has 1 amide bonds. The zero-order chi connectivity index (χ0) is 21.8. The summed E-state index contributed by atoms with van der Waals surface area (Å²) >= 11 is 12.1. The molecule has 152 valence electrons. The van der Waals surface area contributed by atoms with Crippen LogP contribution in [0.1, 0.15) is 17.0 Å². The highest BCUT2D eigenvalue weighted by Crippen LogP contribution is 2.29. The highest BCUT2D eigenvalue weighted by atomic mass is 35.5. The van der Waals surface area contributed by atoms with E-state index < -0.39 is 5.91 Å². The van der Waals surface area contributed by atoms with Gasteiger partial charge in [-0.2, -0.15) is 5.26 Å². The van der Waals surface area contributed by atoms with E-state index in [1.807, 2.05) is 54.8 Å². The summed E-state index contributed by atoms with van der Waals surface area (Å²) in [6.07, 6.45) is 1.57. The third-order valence-electron chi connectivity index (χ3n) is 4.61. The molecule has 0 radical (unpaired) electrons. The molecule has 0 fully saturated rings. The molecular formula is C23H19Cl2N3O2. The number of aryl methyl sites for hydroxylation is 1. The van der Waals surface area contributed by atoms with E-state index in [0.717, 1.165) is 22.6 Å². The molecule has 0 spiro atoms. The first kappa shape index (κ1) is 21.5. The largest absolute Gasteiger partial charge is 0.495 e. The number of halogens is 2. The average Bonchev–Trinajstić information content (AvgIpc) is 2.99. The van der Waals surface area contributed by atoms with Crippen LogP contribution < -0.4 is 10.1 Å². The number of carbonyl (C=O) groups excluding carboxylic acids is 1. The van der Waals surface area contributed by atoms with E-state index in [0.29, 0.717) is 21.5 Å². The minimum absolute atomic E-state index is 0.0385. The van der Waals surface area contributed by atoms with Crippen molar-refractivity contribution in [2.75, 3.05) is 12.4 Å². The second-order valence-electron chi connectivity index (χ2n) is 6.61. The van der Waals surface area contributed by atoms with E-state index in [2.05, 4.69) is 5.32 Å². The standard InChI is InChI=1S/C23H19Cl2N3O2/c1-14-9-16(15(2)28(14)20-6-4-5-18(24)11-20)10-17(13-26)23(29)27-21-12-19(25)7-8-22(21)30-3/h4-12H,1-3H3,(H,27,29)/b17-10+. The zero-order valence-corrected chi connectivity index (χ0v) is 18.2. The van der Waals surface area contributed by atoms with Crippen molar-refractivity contribution in [1.82, 2.24) is 4.57 Å². The maximum absolute atomic E-state index is 12.7. The van der Waals surface area contributed by atoms with Gasteiger partial charge in [-0.1, -0.05) is 29.3 Å². The quantitative estimate of drug-likeness (QED) is 0.394. The van der Waals surface area contributed by atoms with Crippen molar-refractivity contribution in [3.63, 3.8) is 0 Å². The number of hydrogen-bond acceptors (Lipinski definition) is 3. The van der Waals surface area contributed by atoms with Gasteiger partial charge < -0.3 is 14.6 Å². The highest BCUT2D eigenvalue weighted by Gasteiger charge is 2.16. The molecule has 0 unspecified atom stereocenters. The van der Waals surface area contributed by atoms with E-state index in [-0.39, 0.29) is 5.57 Å². The number of hydrogen-bond donors (Lipinski definition) is 1. The Morgan fingerprint density at radius 3 is 2.53 bits per heavy atom. The number of rotatable bonds is 5. The van der Waals surface area contributed by atoms with Gasteiger partial charge in [0.05, 0.1) is 12.8 Å².